The second-order valence-electron chi connectivity index (χ2n) is 3.32. The van der Waals surface area contributed by atoms with E-state index in [1.54, 1.807) is 11.8 Å². The first-order chi connectivity index (χ1) is 7.20. The molecule has 0 saturated carbocycles. The largest absolute Gasteiger partial charge is 0.385 e. The fourth-order valence-corrected chi connectivity index (χ4v) is 1.42. The highest BCUT2D eigenvalue weighted by Gasteiger charge is 2.11. The third-order valence-corrected chi connectivity index (χ3v) is 2.15. The van der Waals surface area contributed by atoms with E-state index in [0.29, 0.717) is 12.2 Å². The minimum atomic E-state index is 0.620. The molecule has 0 unspecified atom stereocenters. The van der Waals surface area contributed by atoms with Crippen LogP contribution >= 0.6 is 0 Å². The van der Waals surface area contributed by atoms with Crippen molar-refractivity contribution in [2.75, 3.05) is 25.6 Å². The monoisotopic (exact) mass is 208 g/mol. The predicted molar refractivity (Wildman–Crippen MR) is 57.6 cm³/mol. The van der Waals surface area contributed by atoms with Crippen LogP contribution in [0.3, 0.4) is 0 Å². The standard InChI is InChI=1S/C10H16N4O/c1-8-9(7-11)10(14(2)13-8)12-5-4-6-15-3/h12H,4-6H2,1-3H3. The highest BCUT2D eigenvalue weighted by atomic mass is 16.5. The van der Waals surface area contributed by atoms with Crippen molar-refractivity contribution < 1.29 is 4.74 Å². The maximum atomic E-state index is 8.95. The van der Waals surface area contributed by atoms with Gasteiger partial charge in [0.1, 0.15) is 17.5 Å². The zero-order chi connectivity index (χ0) is 11.3. The van der Waals surface area contributed by atoms with Crippen molar-refractivity contribution in [2.24, 2.45) is 7.05 Å². The minimum Gasteiger partial charge on any atom is -0.385 e. The Labute approximate surface area is 89.6 Å². The van der Waals surface area contributed by atoms with Crippen LogP contribution in [0.1, 0.15) is 17.7 Å². The van der Waals surface area contributed by atoms with Gasteiger partial charge in [0.05, 0.1) is 5.69 Å². The van der Waals surface area contributed by atoms with Crippen LogP contribution < -0.4 is 5.32 Å². The molecule has 0 amide bonds. The average molecular weight is 208 g/mol. The van der Waals surface area contributed by atoms with Crippen molar-refractivity contribution in [3.8, 4) is 6.07 Å². The molecule has 0 aliphatic heterocycles. The maximum Gasteiger partial charge on any atom is 0.142 e. The van der Waals surface area contributed by atoms with Crippen molar-refractivity contribution in [1.82, 2.24) is 9.78 Å². The zero-order valence-corrected chi connectivity index (χ0v) is 9.37. The minimum absolute atomic E-state index is 0.620. The molecule has 0 fully saturated rings. The number of hydrogen-bond donors (Lipinski definition) is 1. The van der Waals surface area contributed by atoms with Gasteiger partial charge in [0.25, 0.3) is 0 Å². The number of aryl methyl sites for hydroxylation is 2. The lowest BCUT2D eigenvalue weighted by Crippen LogP contribution is -2.09. The van der Waals surface area contributed by atoms with E-state index in [2.05, 4.69) is 16.5 Å². The lowest BCUT2D eigenvalue weighted by atomic mass is 10.2. The predicted octanol–water partition coefficient (Wildman–Crippen LogP) is 1.05. The second-order valence-corrected chi connectivity index (χ2v) is 3.32. The molecule has 0 aromatic carbocycles. The molecule has 0 spiro atoms. The zero-order valence-electron chi connectivity index (χ0n) is 9.37. The van der Waals surface area contributed by atoms with Gasteiger partial charge in [-0.1, -0.05) is 0 Å². The molecule has 0 radical (unpaired) electrons. The number of rotatable bonds is 5. The van der Waals surface area contributed by atoms with Gasteiger partial charge in [0.15, 0.2) is 0 Å². The lowest BCUT2D eigenvalue weighted by Gasteiger charge is -2.06. The van der Waals surface area contributed by atoms with Crippen LogP contribution in [0.2, 0.25) is 0 Å². The quantitative estimate of drug-likeness (QED) is 0.735. The average Bonchev–Trinajstić information content (AvgIpc) is 2.48. The van der Waals surface area contributed by atoms with Crippen molar-refractivity contribution in [3.05, 3.63) is 11.3 Å². The Morgan fingerprint density at radius 2 is 2.33 bits per heavy atom. The van der Waals surface area contributed by atoms with Gasteiger partial charge < -0.3 is 10.1 Å². The Morgan fingerprint density at radius 1 is 1.60 bits per heavy atom. The molecular formula is C10H16N4O. The van der Waals surface area contributed by atoms with E-state index in [4.69, 9.17) is 10.00 Å². The Morgan fingerprint density at radius 3 is 2.93 bits per heavy atom. The first-order valence-electron chi connectivity index (χ1n) is 4.87. The summed E-state index contributed by atoms with van der Waals surface area (Å²) < 4.78 is 6.64. The number of nitrogens with zero attached hydrogens (tertiary/aromatic N) is 3. The maximum absolute atomic E-state index is 8.95. The number of aromatic nitrogens is 2. The van der Waals surface area contributed by atoms with Gasteiger partial charge >= 0.3 is 0 Å². The highest BCUT2D eigenvalue weighted by molar-refractivity contribution is 5.54. The summed E-state index contributed by atoms with van der Waals surface area (Å²) in [7, 11) is 3.50. The van der Waals surface area contributed by atoms with Crippen LogP contribution in [0.5, 0.6) is 0 Å². The van der Waals surface area contributed by atoms with E-state index < -0.39 is 0 Å². The third-order valence-electron chi connectivity index (χ3n) is 2.15. The fraction of sp³-hybridized carbons (Fsp3) is 0.600. The molecule has 5 nitrogen and oxygen atoms in total. The summed E-state index contributed by atoms with van der Waals surface area (Å²) in [4.78, 5) is 0. The molecule has 15 heavy (non-hydrogen) atoms. The van der Waals surface area contributed by atoms with E-state index in [1.165, 1.54) is 0 Å². The van der Waals surface area contributed by atoms with Gasteiger partial charge in [-0.05, 0) is 13.3 Å². The van der Waals surface area contributed by atoms with Crippen LogP contribution in [-0.2, 0) is 11.8 Å². The van der Waals surface area contributed by atoms with E-state index >= 15 is 0 Å². The summed E-state index contributed by atoms with van der Waals surface area (Å²) in [6.07, 6.45) is 0.908. The molecule has 82 valence electrons. The molecule has 1 rings (SSSR count). The van der Waals surface area contributed by atoms with Crippen LogP contribution in [-0.4, -0.2) is 30.0 Å². The highest BCUT2D eigenvalue weighted by Crippen LogP contribution is 2.16. The number of anilines is 1. The van der Waals surface area contributed by atoms with E-state index in [0.717, 1.165) is 24.5 Å². The summed E-state index contributed by atoms with van der Waals surface area (Å²) in [6.45, 7) is 3.33. The summed E-state index contributed by atoms with van der Waals surface area (Å²) in [6, 6.07) is 2.15. The Kier molecular flexibility index (Phi) is 4.13. The molecule has 5 heteroatoms. The van der Waals surface area contributed by atoms with Crippen molar-refractivity contribution in [1.29, 1.82) is 5.26 Å². The number of methoxy groups -OCH3 is 1. The molecular weight excluding hydrogens is 192 g/mol. The number of hydrogen-bond acceptors (Lipinski definition) is 4. The summed E-state index contributed by atoms with van der Waals surface area (Å²) in [5.41, 5.74) is 1.38. The van der Waals surface area contributed by atoms with Crippen LogP contribution in [0.25, 0.3) is 0 Å². The number of nitrogens with one attached hydrogen (secondary N) is 1. The molecule has 0 bridgehead atoms. The summed E-state index contributed by atoms with van der Waals surface area (Å²) >= 11 is 0. The SMILES string of the molecule is COCCCNc1c(C#N)c(C)nn1C. The first-order valence-corrected chi connectivity index (χ1v) is 4.87. The smallest absolute Gasteiger partial charge is 0.142 e. The number of ether oxygens (including phenoxy) is 1. The Bertz CT molecular complexity index is 364. The molecule has 1 heterocycles. The van der Waals surface area contributed by atoms with Gasteiger partial charge in [0, 0.05) is 27.3 Å². The molecule has 1 N–H and O–H groups in total. The van der Waals surface area contributed by atoms with E-state index in [-0.39, 0.29) is 0 Å². The van der Waals surface area contributed by atoms with Gasteiger partial charge in [-0.2, -0.15) is 10.4 Å². The van der Waals surface area contributed by atoms with Gasteiger partial charge in [-0.3, -0.25) is 4.68 Å². The molecule has 0 aliphatic carbocycles. The topological polar surface area (TPSA) is 62.9 Å². The molecule has 0 saturated heterocycles. The third kappa shape index (κ3) is 2.70. The van der Waals surface area contributed by atoms with Crippen LogP contribution in [0.4, 0.5) is 5.82 Å². The van der Waals surface area contributed by atoms with Crippen molar-refractivity contribution in [3.63, 3.8) is 0 Å². The Hall–Kier alpha value is -1.54. The molecule has 0 atom stereocenters. The van der Waals surface area contributed by atoms with Crippen molar-refractivity contribution in [2.45, 2.75) is 13.3 Å². The first kappa shape index (κ1) is 11.5. The van der Waals surface area contributed by atoms with E-state index in [9.17, 15) is 0 Å². The lowest BCUT2D eigenvalue weighted by molar-refractivity contribution is 0.197. The normalized spacial score (nSPS) is 10.0. The van der Waals surface area contributed by atoms with Crippen LogP contribution in [0.15, 0.2) is 0 Å². The van der Waals surface area contributed by atoms with E-state index in [1.807, 2.05) is 14.0 Å². The molecule has 1 aromatic rings. The molecule has 0 aliphatic rings. The van der Waals surface area contributed by atoms with Gasteiger partial charge in [0.2, 0.25) is 0 Å². The van der Waals surface area contributed by atoms with Crippen LogP contribution in [0, 0.1) is 18.3 Å². The number of nitriles is 1. The summed E-state index contributed by atoms with van der Waals surface area (Å²) in [5, 5.41) is 16.3. The second kappa shape index (κ2) is 5.37. The van der Waals surface area contributed by atoms with Crippen molar-refractivity contribution >= 4 is 5.82 Å². The van der Waals surface area contributed by atoms with Gasteiger partial charge in [-0.25, -0.2) is 0 Å². The Balaban J connectivity index is 2.64. The molecule has 1 aromatic heterocycles. The summed E-state index contributed by atoms with van der Waals surface area (Å²) in [5.74, 6) is 0.783. The van der Waals surface area contributed by atoms with Gasteiger partial charge in [-0.15, -0.1) is 0 Å². The fourth-order valence-electron chi connectivity index (χ4n) is 1.42.